The Labute approximate surface area is 152 Å². The van der Waals surface area contributed by atoms with E-state index < -0.39 is 0 Å². The molecule has 0 unspecified atom stereocenters. The fourth-order valence-corrected chi connectivity index (χ4v) is 2.45. The number of amides is 1. The third-order valence-corrected chi connectivity index (χ3v) is 3.72. The highest BCUT2D eigenvalue weighted by Crippen LogP contribution is 2.24. The zero-order chi connectivity index (χ0) is 18.2. The number of nitrogens with one attached hydrogen (secondary N) is 1. The molecule has 0 saturated heterocycles. The summed E-state index contributed by atoms with van der Waals surface area (Å²) in [6.07, 6.45) is 8.64. The highest BCUT2D eigenvalue weighted by molar-refractivity contribution is 5.92. The van der Waals surface area contributed by atoms with Crippen molar-refractivity contribution in [1.82, 2.24) is 20.1 Å². The first-order chi connectivity index (χ1) is 12.8. The van der Waals surface area contributed by atoms with Crippen LogP contribution >= 0.6 is 0 Å². The number of aromatic nitrogens is 3. The molecule has 3 rings (SSSR count). The van der Waals surface area contributed by atoms with Gasteiger partial charge in [-0.25, -0.2) is 4.68 Å². The van der Waals surface area contributed by atoms with Crippen molar-refractivity contribution < 1.29 is 9.53 Å². The van der Waals surface area contributed by atoms with E-state index in [9.17, 15) is 4.79 Å². The molecule has 6 heteroatoms. The van der Waals surface area contributed by atoms with Crippen molar-refractivity contribution in [2.45, 2.75) is 0 Å². The summed E-state index contributed by atoms with van der Waals surface area (Å²) in [6, 6.07) is 13.6. The van der Waals surface area contributed by atoms with Crippen LogP contribution < -0.4 is 5.32 Å². The Bertz CT molecular complexity index is 873. The quantitative estimate of drug-likeness (QED) is 0.526. The van der Waals surface area contributed by atoms with E-state index in [2.05, 4.69) is 15.4 Å². The zero-order valence-corrected chi connectivity index (χ0v) is 14.5. The molecular formula is C20H20N4O2. The molecule has 0 atom stereocenters. The van der Waals surface area contributed by atoms with E-state index in [1.54, 1.807) is 30.3 Å². The summed E-state index contributed by atoms with van der Waals surface area (Å²) in [5, 5.41) is 7.44. The molecule has 0 fully saturated rings. The maximum atomic E-state index is 11.9. The second-order valence-electron chi connectivity index (χ2n) is 5.57. The van der Waals surface area contributed by atoms with Gasteiger partial charge in [-0.15, -0.1) is 0 Å². The second-order valence-corrected chi connectivity index (χ2v) is 5.57. The number of methoxy groups -OCH3 is 1. The van der Waals surface area contributed by atoms with Gasteiger partial charge in [-0.2, -0.15) is 5.10 Å². The Hall–Kier alpha value is -3.25. The van der Waals surface area contributed by atoms with Gasteiger partial charge in [0.05, 0.1) is 12.3 Å². The number of ether oxygens (including phenoxy) is 1. The number of hydrogen-bond donors (Lipinski definition) is 1. The van der Waals surface area contributed by atoms with Crippen LogP contribution in [0.4, 0.5) is 0 Å². The highest BCUT2D eigenvalue weighted by Gasteiger charge is 2.11. The first-order valence-electron chi connectivity index (χ1n) is 8.28. The Morgan fingerprint density at radius 1 is 1.23 bits per heavy atom. The minimum atomic E-state index is -0.174. The van der Waals surface area contributed by atoms with Crippen LogP contribution in [0, 0.1) is 0 Å². The van der Waals surface area contributed by atoms with Crippen LogP contribution in [-0.2, 0) is 9.53 Å². The monoisotopic (exact) mass is 348 g/mol. The number of para-hydroxylation sites is 1. The van der Waals surface area contributed by atoms with E-state index in [1.165, 1.54) is 6.08 Å². The molecule has 132 valence electrons. The molecule has 0 aliphatic carbocycles. The van der Waals surface area contributed by atoms with Gasteiger partial charge in [0, 0.05) is 49.4 Å². The molecule has 3 aromatic rings. The average molecular weight is 348 g/mol. The van der Waals surface area contributed by atoms with E-state index >= 15 is 0 Å². The maximum absolute atomic E-state index is 11.9. The number of pyridine rings is 1. The van der Waals surface area contributed by atoms with Gasteiger partial charge >= 0.3 is 0 Å². The summed E-state index contributed by atoms with van der Waals surface area (Å²) >= 11 is 0. The third-order valence-electron chi connectivity index (χ3n) is 3.72. The van der Waals surface area contributed by atoms with E-state index in [4.69, 9.17) is 4.74 Å². The van der Waals surface area contributed by atoms with E-state index in [0.29, 0.717) is 13.2 Å². The second kappa shape index (κ2) is 8.73. The largest absolute Gasteiger partial charge is 0.383 e. The van der Waals surface area contributed by atoms with Gasteiger partial charge in [-0.3, -0.25) is 9.78 Å². The molecule has 0 bridgehead atoms. The summed E-state index contributed by atoms with van der Waals surface area (Å²) in [6.45, 7) is 0.949. The standard InChI is InChI=1S/C20H20N4O2/c1-26-13-12-22-19(25)10-9-17-15-24(18-7-3-2-4-8-18)23-20(17)16-6-5-11-21-14-16/h2-11,14-15H,12-13H2,1H3,(H,22,25)/b10-9+. The molecular weight excluding hydrogens is 328 g/mol. The van der Waals surface area contributed by atoms with Crippen molar-refractivity contribution in [1.29, 1.82) is 0 Å². The van der Waals surface area contributed by atoms with E-state index in [-0.39, 0.29) is 5.91 Å². The van der Waals surface area contributed by atoms with Gasteiger partial charge in [0.1, 0.15) is 5.69 Å². The lowest BCUT2D eigenvalue weighted by molar-refractivity contribution is -0.116. The Morgan fingerprint density at radius 3 is 2.81 bits per heavy atom. The van der Waals surface area contributed by atoms with Gasteiger partial charge in [0.25, 0.3) is 0 Å². The van der Waals surface area contributed by atoms with Gasteiger partial charge in [-0.1, -0.05) is 18.2 Å². The van der Waals surface area contributed by atoms with Crippen molar-refractivity contribution in [2.75, 3.05) is 20.3 Å². The number of rotatable bonds is 7. The lowest BCUT2D eigenvalue weighted by Gasteiger charge is -2.00. The van der Waals surface area contributed by atoms with E-state index in [0.717, 1.165) is 22.5 Å². The smallest absolute Gasteiger partial charge is 0.244 e. The highest BCUT2D eigenvalue weighted by atomic mass is 16.5. The summed E-state index contributed by atoms with van der Waals surface area (Å²) in [5.41, 5.74) is 3.44. The zero-order valence-electron chi connectivity index (χ0n) is 14.5. The molecule has 1 amide bonds. The lowest BCUT2D eigenvalue weighted by Crippen LogP contribution is -2.24. The molecule has 2 heterocycles. The van der Waals surface area contributed by atoms with Crippen LogP contribution in [-0.4, -0.2) is 40.9 Å². The first-order valence-corrected chi connectivity index (χ1v) is 8.28. The maximum Gasteiger partial charge on any atom is 0.244 e. The first kappa shape index (κ1) is 17.6. The van der Waals surface area contributed by atoms with Crippen LogP contribution in [0.3, 0.4) is 0 Å². The Morgan fingerprint density at radius 2 is 2.08 bits per heavy atom. The molecule has 6 nitrogen and oxygen atoms in total. The number of carbonyl (C=O) groups is 1. The van der Waals surface area contributed by atoms with Crippen molar-refractivity contribution in [3.8, 4) is 16.9 Å². The predicted octanol–water partition coefficient (Wildman–Crippen LogP) is 2.71. The molecule has 0 saturated carbocycles. The van der Waals surface area contributed by atoms with Crippen LogP contribution in [0.1, 0.15) is 5.56 Å². The van der Waals surface area contributed by atoms with Crippen LogP contribution in [0.5, 0.6) is 0 Å². The van der Waals surface area contributed by atoms with Crippen LogP contribution in [0.15, 0.2) is 67.1 Å². The minimum absolute atomic E-state index is 0.174. The molecule has 0 aliphatic heterocycles. The van der Waals surface area contributed by atoms with Crippen molar-refractivity contribution in [2.24, 2.45) is 0 Å². The fraction of sp³-hybridized carbons (Fsp3) is 0.150. The van der Waals surface area contributed by atoms with Crippen molar-refractivity contribution in [3.05, 3.63) is 72.7 Å². The predicted molar refractivity (Wildman–Crippen MR) is 101 cm³/mol. The van der Waals surface area contributed by atoms with E-state index in [1.807, 2.05) is 48.7 Å². The number of hydrogen-bond acceptors (Lipinski definition) is 4. The van der Waals surface area contributed by atoms with Gasteiger partial charge < -0.3 is 10.1 Å². The molecule has 0 spiro atoms. The van der Waals surface area contributed by atoms with Gasteiger partial charge in [0.2, 0.25) is 5.91 Å². The molecule has 26 heavy (non-hydrogen) atoms. The Balaban J connectivity index is 1.90. The summed E-state index contributed by atoms with van der Waals surface area (Å²) < 4.78 is 6.72. The summed E-state index contributed by atoms with van der Waals surface area (Å²) in [4.78, 5) is 16.1. The Kier molecular flexibility index (Phi) is 5.90. The molecule has 0 radical (unpaired) electrons. The minimum Gasteiger partial charge on any atom is -0.383 e. The number of carbonyl (C=O) groups excluding carboxylic acids is 1. The summed E-state index contributed by atoms with van der Waals surface area (Å²) in [7, 11) is 1.60. The molecule has 1 aromatic carbocycles. The summed E-state index contributed by atoms with van der Waals surface area (Å²) in [5.74, 6) is -0.174. The lowest BCUT2D eigenvalue weighted by atomic mass is 10.1. The fourth-order valence-electron chi connectivity index (χ4n) is 2.45. The number of nitrogens with zero attached hydrogens (tertiary/aromatic N) is 3. The van der Waals surface area contributed by atoms with Crippen molar-refractivity contribution in [3.63, 3.8) is 0 Å². The van der Waals surface area contributed by atoms with Crippen molar-refractivity contribution >= 4 is 12.0 Å². The normalized spacial score (nSPS) is 11.0. The SMILES string of the molecule is COCCNC(=O)/C=C/c1cn(-c2ccccc2)nc1-c1cccnc1. The average Bonchev–Trinajstić information content (AvgIpc) is 3.12. The molecule has 1 N–H and O–H groups in total. The topological polar surface area (TPSA) is 69.0 Å². The van der Waals surface area contributed by atoms with Crippen LogP contribution in [0.25, 0.3) is 23.0 Å². The molecule has 0 aliphatic rings. The van der Waals surface area contributed by atoms with Gasteiger partial charge in [-0.05, 0) is 30.3 Å². The molecule has 2 aromatic heterocycles. The van der Waals surface area contributed by atoms with Gasteiger partial charge in [0.15, 0.2) is 0 Å². The third kappa shape index (κ3) is 4.43. The number of benzene rings is 1. The van der Waals surface area contributed by atoms with Crippen LogP contribution in [0.2, 0.25) is 0 Å².